The quantitative estimate of drug-likeness (QED) is 0.826. The number of carbonyl (C=O) groups is 1. The van der Waals surface area contributed by atoms with Crippen molar-refractivity contribution < 1.29 is 4.79 Å². The highest BCUT2D eigenvalue weighted by atomic mass is 16.1. The fourth-order valence-corrected chi connectivity index (χ4v) is 3.68. The maximum absolute atomic E-state index is 12.7. The lowest BCUT2D eigenvalue weighted by Gasteiger charge is -2.24. The molecule has 0 aliphatic heterocycles. The SMILES string of the molecule is CCCc1ccc(-c2ccccc2C(=O)NCC2(N)CCCC2)cc1. The summed E-state index contributed by atoms with van der Waals surface area (Å²) >= 11 is 0. The lowest BCUT2D eigenvalue weighted by Crippen LogP contribution is -2.48. The lowest BCUT2D eigenvalue weighted by atomic mass is 9.96. The van der Waals surface area contributed by atoms with Crippen molar-refractivity contribution in [1.82, 2.24) is 5.32 Å². The zero-order chi connectivity index (χ0) is 17.7. The van der Waals surface area contributed by atoms with Crippen molar-refractivity contribution in [1.29, 1.82) is 0 Å². The minimum Gasteiger partial charge on any atom is -0.350 e. The smallest absolute Gasteiger partial charge is 0.251 e. The molecule has 0 aromatic heterocycles. The molecule has 3 heteroatoms. The summed E-state index contributed by atoms with van der Waals surface area (Å²) in [5.74, 6) is -0.0371. The molecule has 0 radical (unpaired) electrons. The molecule has 1 aliphatic carbocycles. The highest BCUT2D eigenvalue weighted by molar-refractivity contribution is 6.00. The second-order valence-corrected chi connectivity index (χ2v) is 7.24. The summed E-state index contributed by atoms with van der Waals surface area (Å²) in [6, 6.07) is 16.3. The number of carbonyl (C=O) groups excluding carboxylic acids is 1. The Morgan fingerprint density at radius 2 is 1.76 bits per heavy atom. The zero-order valence-corrected chi connectivity index (χ0v) is 15.1. The van der Waals surface area contributed by atoms with E-state index in [1.54, 1.807) is 0 Å². The van der Waals surface area contributed by atoms with Gasteiger partial charge in [0.1, 0.15) is 0 Å². The average molecular weight is 336 g/mol. The van der Waals surface area contributed by atoms with Gasteiger partial charge in [-0.3, -0.25) is 4.79 Å². The van der Waals surface area contributed by atoms with E-state index < -0.39 is 0 Å². The van der Waals surface area contributed by atoms with Crippen LogP contribution in [0, 0.1) is 0 Å². The second kappa shape index (κ2) is 7.83. The van der Waals surface area contributed by atoms with Crippen LogP contribution in [0.3, 0.4) is 0 Å². The molecule has 0 atom stereocenters. The van der Waals surface area contributed by atoms with Crippen LogP contribution in [0.2, 0.25) is 0 Å². The van der Waals surface area contributed by atoms with Gasteiger partial charge in [0, 0.05) is 17.6 Å². The van der Waals surface area contributed by atoms with Gasteiger partial charge in [-0.15, -0.1) is 0 Å². The first kappa shape index (κ1) is 17.7. The first-order valence-corrected chi connectivity index (χ1v) is 9.37. The van der Waals surface area contributed by atoms with Crippen molar-refractivity contribution in [3.05, 3.63) is 59.7 Å². The van der Waals surface area contributed by atoms with Gasteiger partial charge in [0.15, 0.2) is 0 Å². The first-order valence-electron chi connectivity index (χ1n) is 9.37. The molecule has 25 heavy (non-hydrogen) atoms. The summed E-state index contributed by atoms with van der Waals surface area (Å²) in [6.45, 7) is 2.73. The van der Waals surface area contributed by atoms with E-state index in [1.807, 2.05) is 24.3 Å². The molecule has 3 rings (SSSR count). The third-order valence-corrected chi connectivity index (χ3v) is 5.18. The molecule has 0 saturated heterocycles. The van der Waals surface area contributed by atoms with Gasteiger partial charge in [-0.25, -0.2) is 0 Å². The molecule has 132 valence electrons. The van der Waals surface area contributed by atoms with Crippen molar-refractivity contribution in [3.8, 4) is 11.1 Å². The lowest BCUT2D eigenvalue weighted by molar-refractivity contribution is 0.0944. The van der Waals surface area contributed by atoms with E-state index in [0.717, 1.165) is 49.7 Å². The predicted molar refractivity (Wildman–Crippen MR) is 104 cm³/mol. The average Bonchev–Trinajstić information content (AvgIpc) is 3.08. The van der Waals surface area contributed by atoms with E-state index in [2.05, 4.69) is 36.5 Å². The Hall–Kier alpha value is -2.13. The van der Waals surface area contributed by atoms with Crippen molar-refractivity contribution in [2.45, 2.75) is 51.0 Å². The van der Waals surface area contributed by atoms with E-state index in [1.165, 1.54) is 5.56 Å². The summed E-state index contributed by atoms with van der Waals surface area (Å²) in [6.07, 6.45) is 6.53. The summed E-state index contributed by atoms with van der Waals surface area (Å²) in [7, 11) is 0. The van der Waals surface area contributed by atoms with Crippen molar-refractivity contribution in [3.63, 3.8) is 0 Å². The van der Waals surface area contributed by atoms with Crippen molar-refractivity contribution in [2.75, 3.05) is 6.54 Å². The Morgan fingerprint density at radius 3 is 2.44 bits per heavy atom. The predicted octanol–water partition coefficient (Wildman–Crippen LogP) is 4.31. The third-order valence-electron chi connectivity index (χ3n) is 5.18. The molecule has 0 spiro atoms. The summed E-state index contributed by atoms with van der Waals surface area (Å²) < 4.78 is 0. The van der Waals surface area contributed by atoms with Gasteiger partial charge < -0.3 is 11.1 Å². The molecule has 1 fully saturated rings. The Bertz CT molecular complexity index is 715. The summed E-state index contributed by atoms with van der Waals surface area (Å²) in [5, 5.41) is 3.06. The Morgan fingerprint density at radius 1 is 1.08 bits per heavy atom. The van der Waals surface area contributed by atoms with E-state index in [9.17, 15) is 4.79 Å². The molecule has 1 aliphatic rings. The number of aryl methyl sites for hydroxylation is 1. The number of benzene rings is 2. The topological polar surface area (TPSA) is 55.1 Å². The fourth-order valence-electron chi connectivity index (χ4n) is 3.68. The number of hydrogen-bond donors (Lipinski definition) is 2. The fraction of sp³-hybridized carbons (Fsp3) is 0.409. The number of amides is 1. The van der Waals surface area contributed by atoms with E-state index in [-0.39, 0.29) is 11.4 Å². The van der Waals surface area contributed by atoms with Crippen LogP contribution in [-0.4, -0.2) is 18.0 Å². The Labute approximate surface area is 150 Å². The van der Waals surface area contributed by atoms with Crippen LogP contribution in [0.25, 0.3) is 11.1 Å². The van der Waals surface area contributed by atoms with Crippen LogP contribution >= 0.6 is 0 Å². The highest BCUT2D eigenvalue weighted by Crippen LogP contribution is 2.27. The van der Waals surface area contributed by atoms with Gasteiger partial charge in [-0.1, -0.05) is 68.7 Å². The van der Waals surface area contributed by atoms with Crippen LogP contribution < -0.4 is 11.1 Å². The molecule has 3 N–H and O–H groups in total. The zero-order valence-electron chi connectivity index (χ0n) is 15.1. The first-order chi connectivity index (χ1) is 12.1. The van der Waals surface area contributed by atoms with Crippen molar-refractivity contribution >= 4 is 5.91 Å². The van der Waals surface area contributed by atoms with Gasteiger partial charge in [-0.2, -0.15) is 0 Å². The van der Waals surface area contributed by atoms with Gasteiger partial charge in [-0.05, 0) is 42.0 Å². The molecular formula is C22H28N2O. The van der Waals surface area contributed by atoms with E-state index in [4.69, 9.17) is 5.73 Å². The summed E-state index contributed by atoms with van der Waals surface area (Å²) in [5.41, 5.74) is 10.2. The molecule has 2 aromatic rings. The normalized spacial score (nSPS) is 15.9. The van der Waals surface area contributed by atoms with E-state index >= 15 is 0 Å². The van der Waals surface area contributed by atoms with Crippen LogP contribution in [0.1, 0.15) is 54.9 Å². The molecule has 3 nitrogen and oxygen atoms in total. The number of nitrogens with one attached hydrogen (secondary N) is 1. The molecular weight excluding hydrogens is 308 g/mol. The van der Waals surface area contributed by atoms with Crippen LogP contribution in [0.5, 0.6) is 0 Å². The Kier molecular flexibility index (Phi) is 5.54. The molecule has 0 unspecified atom stereocenters. The summed E-state index contributed by atoms with van der Waals surface area (Å²) in [4.78, 5) is 12.7. The van der Waals surface area contributed by atoms with Gasteiger partial charge in [0.2, 0.25) is 0 Å². The van der Waals surface area contributed by atoms with Crippen LogP contribution in [0.4, 0.5) is 0 Å². The second-order valence-electron chi connectivity index (χ2n) is 7.24. The monoisotopic (exact) mass is 336 g/mol. The molecule has 0 heterocycles. The third kappa shape index (κ3) is 4.29. The minimum atomic E-state index is -0.230. The maximum Gasteiger partial charge on any atom is 0.251 e. The minimum absolute atomic E-state index is 0.0371. The number of rotatable bonds is 6. The van der Waals surface area contributed by atoms with Crippen molar-refractivity contribution in [2.24, 2.45) is 5.73 Å². The molecule has 1 saturated carbocycles. The maximum atomic E-state index is 12.7. The standard InChI is InChI=1S/C22H28N2O/c1-2-7-17-10-12-18(13-11-17)19-8-3-4-9-20(19)21(25)24-16-22(23)14-5-6-15-22/h3-4,8-13H,2,5-7,14-16,23H2,1H3,(H,24,25). The number of nitrogens with two attached hydrogens (primary N) is 1. The molecule has 0 bridgehead atoms. The molecule has 1 amide bonds. The molecule has 2 aromatic carbocycles. The number of hydrogen-bond acceptors (Lipinski definition) is 2. The van der Waals surface area contributed by atoms with Crippen LogP contribution in [-0.2, 0) is 6.42 Å². The highest BCUT2D eigenvalue weighted by Gasteiger charge is 2.29. The Balaban J connectivity index is 1.76. The van der Waals surface area contributed by atoms with Gasteiger partial charge in [0.05, 0.1) is 0 Å². The van der Waals surface area contributed by atoms with Gasteiger partial charge >= 0.3 is 0 Å². The van der Waals surface area contributed by atoms with Gasteiger partial charge in [0.25, 0.3) is 5.91 Å². The largest absolute Gasteiger partial charge is 0.350 e. The van der Waals surface area contributed by atoms with E-state index in [0.29, 0.717) is 12.1 Å². The van der Waals surface area contributed by atoms with Crippen LogP contribution in [0.15, 0.2) is 48.5 Å².